The quantitative estimate of drug-likeness (QED) is 0.176. The molecule has 0 spiro atoms. The van der Waals surface area contributed by atoms with Gasteiger partial charge in [0, 0.05) is 51.0 Å². The maximum absolute atomic E-state index is 3.69. The number of hydrogen-bond donors (Lipinski definition) is 1. The van der Waals surface area contributed by atoms with Crippen LogP contribution in [-0.4, -0.2) is 10.6 Å². The largest absolute Gasteiger partial charge is 0.355 e. The van der Waals surface area contributed by atoms with Gasteiger partial charge in [0.05, 0.1) is 11.6 Å². The van der Waals surface area contributed by atoms with Crippen LogP contribution in [0.3, 0.4) is 0 Å². The van der Waals surface area contributed by atoms with E-state index in [2.05, 4.69) is 221 Å². The Morgan fingerprint density at radius 2 is 1.12 bits per heavy atom. The van der Waals surface area contributed by atoms with Gasteiger partial charge in [0.2, 0.25) is 0 Å². The number of fused-ring (bicyclic) bond motifs is 6. The van der Waals surface area contributed by atoms with E-state index in [1.54, 1.807) is 0 Å². The molecule has 2 atom stereocenters. The van der Waals surface area contributed by atoms with E-state index < -0.39 is 0 Å². The van der Waals surface area contributed by atoms with E-state index in [0.29, 0.717) is 5.92 Å². The van der Waals surface area contributed by atoms with Gasteiger partial charge in [0.25, 0.3) is 0 Å². The van der Waals surface area contributed by atoms with Crippen LogP contribution >= 0.6 is 0 Å². The smallest absolute Gasteiger partial charge is 0.0629 e. The summed E-state index contributed by atoms with van der Waals surface area (Å²) in [5.74, 6) is 0.352. The van der Waals surface area contributed by atoms with Crippen LogP contribution in [0, 0.1) is 0 Å². The van der Waals surface area contributed by atoms with Gasteiger partial charge in [-0.15, -0.1) is 0 Å². The minimum Gasteiger partial charge on any atom is -0.355 e. The Kier molecular flexibility index (Phi) is 8.10. The summed E-state index contributed by atoms with van der Waals surface area (Å²) >= 11 is 0. The minimum absolute atomic E-state index is 0.286. The van der Waals surface area contributed by atoms with Crippen molar-refractivity contribution in [2.45, 2.75) is 24.8 Å². The van der Waals surface area contributed by atoms with Crippen LogP contribution < -0.4 is 10.2 Å². The number of benzene rings is 7. The minimum atomic E-state index is 0.286. The molecule has 2 heterocycles. The number of nitrogens with zero attached hydrogens (tertiary/aromatic N) is 2. The van der Waals surface area contributed by atoms with Crippen molar-refractivity contribution in [3.63, 3.8) is 0 Å². The van der Waals surface area contributed by atoms with Gasteiger partial charge < -0.3 is 14.8 Å². The molecule has 1 aliphatic heterocycles. The average Bonchev–Trinajstić information content (AvgIpc) is 3.79. The first kappa shape index (κ1) is 33.3. The molecule has 0 bridgehead atoms. The highest BCUT2D eigenvalue weighted by atomic mass is 15.2. The van der Waals surface area contributed by atoms with Crippen molar-refractivity contribution in [3.05, 3.63) is 217 Å². The van der Waals surface area contributed by atoms with Gasteiger partial charge in [-0.1, -0.05) is 152 Å². The Balaban J connectivity index is 0.849. The van der Waals surface area contributed by atoms with E-state index in [9.17, 15) is 0 Å². The van der Waals surface area contributed by atoms with Crippen LogP contribution in [0.15, 0.2) is 200 Å². The van der Waals surface area contributed by atoms with Gasteiger partial charge in [-0.25, -0.2) is 0 Å². The molecule has 2 aliphatic carbocycles. The van der Waals surface area contributed by atoms with Crippen LogP contribution in [0.1, 0.15) is 29.2 Å². The van der Waals surface area contributed by atoms with Gasteiger partial charge in [-0.2, -0.15) is 0 Å². The number of anilines is 4. The molecule has 1 aromatic heterocycles. The Labute approximate surface area is 334 Å². The zero-order valence-corrected chi connectivity index (χ0v) is 31.6. The molecular weight excluding hydrogens is 691 g/mol. The molecule has 1 N–H and O–H groups in total. The Morgan fingerprint density at radius 3 is 1.88 bits per heavy atom. The van der Waals surface area contributed by atoms with E-state index in [0.717, 1.165) is 24.2 Å². The molecule has 2 unspecified atom stereocenters. The normalized spacial score (nSPS) is 16.4. The summed E-state index contributed by atoms with van der Waals surface area (Å²) in [6.07, 6.45) is 15.7. The first-order chi connectivity index (χ1) is 28.2. The number of allylic oxidation sites excluding steroid dienone is 3. The number of rotatable bonds is 7. The molecule has 3 aliphatic rings. The SMILES string of the molecule is C1=CC2c3ccc(Nc4ccc(-c5ccc(-c6ccc7c8c(n(-c9ccc(-c%10ccccc%10)cc9)c7c6)CCC=C8)cc5)cc4)cc3N(c3ccccc3)C2C=C1. The fourth-order valence-corrected chi connectivity index (χ4v) is 9.20. The van der Waals surface area contributed by atoms with Crippen molar-refractivity contribution >= 4 is 39.7 Å². The van der Waals surface area contributed by atoms with Crippen LogP contribution in [0.2, 0.25) is 0 Å². The Morgan fingerprint density at radius 1 is 0.509 bits per heavy atom. The number of hydrogen-bond acceptors (Lipinski definition) is 2. The number of nitrogens with one attached hydrogen (secondary N) is 1. The lowest BCUT2D eigenvalue weighted by Gasteiger charge is -2.28. The average molecular weight is 732 g/mol. The fourth-order valence-electron chi connectivity index (χ4n) is 9.20. The second kappa shape index (κ2) is 13.9. The molecule has 0 amide bonds. The van der Waals surface area contributed by atoms with Gasteiger partial charge >= 0.3 is 0 Å². The van der Waals surface area contributed by atoms with E-state index >= 15 is 0 Å². The molecule has 0 fully saturated rings. The molecular formula is C54H41N3. The van der Waals surface area contributed by atoms with E-state index in [1.807, 2.05) is 0 Å². The maximum atomic E-state index is 3.69. The lowest BCUT2D eigenvalue weighted by atomic mass is 9.91. The molecule has 8 aromatic rings. The molecule has 0 saturated carbocycles. The van der Waals surface area contributed by atoms with Crippen molar-refractivity contribution in [1.82, 2.24) is 4.57 Å². The summed E-state index contributed by atoms with van der Waals surface area (Å²) in [6, 6.07) is 62.3. The first-order valence-electron chi connectivity index (χ1n) is 20.1. The monoisotopic (exact) mass is 731 g/mol. The van der Waals surface area contributed by atoms with Gasteiger partial charge in [-0.3, -0.25) is 0 Å². The summed E-state index contributed by atoms with van der Waals surface area (Å²) in [7, 11) is 0. The lowest BCUT2D eigenvalue weighted by Crippen LogP contribution is -2.28. The van der Waals surface area contributed by atoms with Gasteiger partial charge in [-0.05, 0) is 106 Å². The zero-order valence-electron chi connectivity index (χ0n) is 31.6. The van der Waals surface area contributed by atoms with Gasteiger partial charge in [0.15, 0.2) is 0 Å². The summed E-state index contributed by atoms with van der Waals surface area (Å²) in [4.78, 5) is 2.48. The van der Waals surface area contributed by atoms with Crippen LogP contribution in [-0.2, 0) is 6.42 Å². The second-order valence-corrected chi connectivity index (χ2v) is 15.3. The molecule has 0 saturated heterocycles. The summed E-state index contributed by atoms with van der Waals surface area (Å²) < 4.78 is 2.49. The highest BCUT2D eigenvalue weighted by Gasteiger charge is 2.37. The van der Waals surface area contributed by atoms with Crippen molar-refractivity contribution in [2.24, 2.45) is 0 Å². The van der Waals surface area contributed by atoms with Gasteiger partial charge in [0.1, 0.15) is 0 Å². The summed E-state index contributed by atoms with van der Waals surface area (Å²) in [6.45, 7) is 0. The standard InChI is InChI=1S/C54H41N3/c1-3-11-37(12-4-1)40-25-31-46(32-26-40)57-52-18-10-7-15-47(52)49-33-27-42(35-53(49)57)41-21-19-38(20-22-41)39-23-28-43(29-24-39)55-44-30-34-50-48-16-8-9-17-51(48)56(54(50)36-44)45-13-5-2-6-14-45/h1-9,11-17,19-36,48,51,55H,10,18H2. The highest BCUT2D eigenvalue weighted by Crippen LogP contribution is 2.48. The molecule has 3 heteroatoms. The topological polar surface area (TPSA) is 20.2 Å². The highest BCUT2D eigenvalue weighted by molar-refractivity contribution is 5.96. The van der Waals surface area contributed by atoms with E-state index in [4.69, 9.17) is 0 Å². The lowest BCUT2D eigenvalue weighted by molar-refractivity contribution is 0.745. The molecule has 7 aromatic carbocycles. The molecule has 57 heavy (non-hydrogen) atoms. The maximum Gasteiger partial charge on any atom is 0.0629 e. The van der Waals surface area contributed by atoms with E-state index in [-0.39, 0.29) is 6.04 Å². The first-order valence-corrected chi connectivity index (χ1v) is 20.1. The third-order valence-electron chi connectivity index (χ3n) is 12.0. The molecule has 3 nitrogen and oxygen atoms in total. The number of aromatic nitrogens is 1. The predicted octanol–water partition coefficient (Wildman–Crippen LogP) is 14.1. The summed E-state index contributed by atoms with van der Waals surface area (Å²) in [5.41, 5.74) is 18.5. The van der Waals surface area contributed by atoms with Crippen LogP contribution in [0.5, 0.6) is 0 Å². The van der Waals surface area contributed by atoms with Crippen molar-refractivity contribution < 1.29 is 0 Å². The van der Waals surface area contributed by atoms with Crippen LogP contribution in [0.4, 0.5) is 22.7 Å². The molecule has 272 valence electrons. The van der Waals surface area contributed by atoms with Crippen molar-refractivity contribution in [3.8, 4) is 39.1 Å². The zero-order chi connectivity index (χ0) is 37.7. The number of para-hydroxylation sites is 1. The Bertz CT molecular complexity index is 2840. The third kappa shape index (κ3) is 5.91. The summed E-state index contributed by atoms with van der Waals surface area (Å²) in [5, 5.41) is 4.99. The van der Waals surface area contributed by atoms with Crippen molar-refractivity contribution in [2.75, 3.05) is 10.2 Å². The predicted molar refractivity (Wildman–Crippen MR) is 240 cm³/mol. The van der Waals surface area contributed by atoms with E-state index in [1.165, 1.54) is 78.2 Å². The fraction of sp³-hybridized carbons (Fsp3) is 0.0741. The Hall–Kier alpha value is -7.10. The third-order valence-corrected chi connectivity index (χ3v) is 12.0. The van der Waals surface area contributed by atoms with Crippen LogP contribution in [0.25, 0.3) is 56.0 Å². The molecule has 0 radical (unpaired) electrons. The second-order valence-electron chi connectivity index (χ2n) is 15.3. The van der Waals surface area contributed by atoms with Crippen molar-refractivity contribution in [1.29, 1.82) is 0 Å². The molecule has 11 rings (SSSR count).